The molecule has 0 aromatic heterocycles. The van der Waals surface area contributed by atoms with E-state index in [0.717, 1.165) is 29.5 Å². The summed E-state index contributed by atoms with van der Waals surface area (Å²) in [4.78, 5) is 0. The van der Waals surface area contributed by atoms with Crippen molar-refractivity contribution in [1.29, 1.82) is 0 Å². The standard InChI is InChI=1S/C11H15BrClN3O/c12-8-4-5-10(9(13)7-8)15-6-2-1-3-11(14)16-17/h4-5,7,15,17H,1-3,6H2,(H2,14,16). The first-order valence-corrected chi connectivity index (χ1v) is 6.46. The molecular formula is C11H15BrClN3O. The maximum atomic E-state index is 8.36. The Hall–Kier alpha value is -0.940. The fourth-order valence-corrected chi connectivity index (χ4v) is 2.08. The van der Waals surface area contributed by atoms with Gasteiger partial charge in [0.25, 0.3) is 0 Å². The van der Waals surface area contributed by atoms with E-state index >= 15 is 0 Å². The molecule has 0 fully saturated rings. The lowest BCUT2D eigenvalue weighted by molar-refractivity contribution is 0.316. The molecule has 6 heteroatoms. The molecule has 0 saturated heterocycles. The van der Waals surface area contributed by atoms with Gasteiger partial charge in [0.2, 0.25) is 0 Å². The Bertz CT molecular complexity index is 398. The molecule has 0 aliphatic heterocycles. The van der Waals surface area contributed by atoms with Crippen LogP contribution in [0.1, 0.15) is 19.3 Å². The highest BCUT2D eigenvalue weighted by Gasteiger charge is 2.00. The van der Waals surface area contributed by atoms with Gasteiger partial charge in [0.15, 0.2) is 0 Å². The molecule has 0 aliphatic rings. The molecule has 0 amide bonds. The number of hydrogen-bond acceptors (Lipinski definition) is 3. The maximum absolute atomic E-state index is 8.36. The minimum absolute atomic E-state index is 0.270. The lowest BCUT2D eigenvalue weighted by Gasteiger charge is -2.08. The third-order valence-corrected chi connectivity index (χ3v) is 3.04. The van der Waals surface area contributed by atoms with E-state index in [-0.39, 0.29) is 5.84 Å². The van der Waals surface area contributed by atoms with E-state index in [9.17, 15) is 0 Å². The zero-order valence-electron chi connectivity index (χ0n) is 9.29. The minimum atomic E-state index is 0.270. The summed E-state index contributed by atoms with van der Waals surface area (Å²) in [5.74, 6) is 0.270. The van der Waals surface area contributed by atoms with Gasteiger partial charge >= 0.3 is 0 Å². The summed E-state index contributed by atoms with van der Waals surface area (Å²) in [5.41, 5.74) is 6.28. The van der Waals surface area contributed by atoms with Gasteiger partial charge in [-0.1, -0.05) is 32.7 Å². The number of benzene rings is 1. The molecule has 1 aromatic rings. The van der Waals surface area contributed by atoms with Crippen molar-refractivity contribution in [3.8, 4) is 0 Å². The van der Waals surface area contributed by atoms with Crippen molar-refractivity contribution in [2.24, 2.45) is 10.9 Å². The van der Waals surface area contributed by atoms with Crippen molar-refractivity contribution >= 4 is 39.1 Å². The van der Waals surface area contributed by atoms with E-state index in [1.165, 1.54) is 0 Å². The lowest BCUT2D eigenvalue weighted by Crippen LogP contribution is -2.11. The highest BCUT2D eigenvalue weighted by Crippen LogP contribution is 2.25. The second kappa shape index (κ2) is 7.40. The number of oxime groups is 1. The Morgan fingerprint density at radius 1 is 1.47 bits per heavy atom. The Balaban J connectivity index is 2.27. The number of amidine groups is 1. The average molecular weight is 321 g/mol. The Labute approximate surface area is 114 Å². The molecule has 1 aromatic carbocycles. The Kier molecular flexibility index (Phi) is 6.15. The van der Waals surface area contributed by atoms with Crippen LogP contribution < -0.4 is 11.1 Å². The third kappa shape index (κ3) is 5.28. The molecule has 1 rings (SSSR count). The molecule has 4 N–H and O–H groups in total. The summed E-state index contributed by atoms with van der Waals surface area (Å²) >= 11 is 9.40. The average Bonchev–Trinajstić information content (AvgIpc) is 2.30. The van der Waals surface area contributed by atoms with Crippen LogP contribution in [0.15, 0.2) is 27.8 Å². The first-order chi connectivity index (χ1) is 8.13. The number of nitrogens with two attached hydrogens (primary N) is 1. The second-order valence-electron chi connectivity index (χ2n) is 3.60. The summed E-state index contributed by atoms with van der Waals surface area (Å²) in [6, 6.07) is 5.71. The van der Waals surface area contributed by atoms with Gasteiger partial charge in [-0.15, -0.1) is 0 Å². The summed E-state index contributed by atoms with van der Waals surface area (Å²) in [7, 11) is 0. The summed E-state index contributed by atoms with van der Waals surface area (Å²) in [5, 5.41) is 15.2. The van der Waals surface area contributed by atoms with Crippen LogP contribution in [0.2, 0.25) is 5.02 Å². The first-order valence-electron chi connectivity index (χ1n) is 5.29. The Morgan fingerprint density at radius 2 is 2.24 bits per heavy atom. The zero-order valence-corrected chi connectivity index (χ0v) is 11.6. The number of hydrogen-bond donors (Lipinski definition) is 3. The highest BCUT2D eigenvalue weighted by molar-refractivity contribution is 9.10. The van der Waals surface area contributed by atoms with E-state index in [1.807, 2.05) is 18.2 Å². The van der Waals surface area contributed by atoms with Crippen molar-refractivity contribution in [3.63, 3.8) is 0 Å². The molecule has 17 heavy (non-hydrogen) atoms. The quantitative estimate of drug-likeness (QED) is 0.247. The van der Waals surface area contributed by atoms with Crippen molar-refractivity contribution in [2.75, 3.05) is 11.9 Å². The van der Waals surface area contributed by atoms with Crippen molar-refractivity contribution in [1.82, 2.24) is 0 Å². The van der Waals surface area contributed by atoms with E-state index in [4.69, 9.17) is 22.5 Å². The molecule has 0 spiro atoms. The van der Waals surface area contributed by atoms with Crippen LogP contribution in [0.4, 0.5) is 5.69 Å². The number of nitrogens with zero attached hydrogens (tertiary/aromatic N) is 1. The third-order valence-electron chi connectivity index (χ3n) is 2.23. The van der Waals surface area contributed by atoms with Crippen LogP contribution in [-0.2, 0) is 0 Å². The molecule has 0 saturated carbocycles. The van der Waals surface area contributed by atoms with Gasteiger partial charge in [-0.2, -0.15) is 0 Å². The topological polar surface area (TPSA) is 70.6 Å². The van der Waals surface area contributed by atoms with Gasteiger partial charge in [-0.05, 0) is 31.0 Å². The fourth-order valence-electron chi connectivity index (χ4n) is 1.34. The van der Waals surface area contributed by atoms with E-state index in [1.54, 1.807) is 0 Å². The number of nitrogens with one attached hydrogen (secondary N) is 1. The van der Waals surface area contributed by atoms with Crippen LogP contribution in [0.25, 0.3) is 0 Å². The molecule has 0 atom stereocenters. The van der Waals surface area contributed by atoms with Crippen LogP contribution in [-0.4, -0.2) is 17.6 Å². The van der Waals surface area contributed by atoms with Gasteiger partial charge in [0, 0.05) is 17.4 Å². The van der Waals surface area contributed by atoms with Crippen LogP contribution in [0, 0.1) is 0 Å². The number of unbranched alkanes of at least 4 members (excludes halogenated alkanes) is 1. The van der Waals surface area contributed by atoms with Crippen molar-refractivity contribution < 1.29 is 5.21 Å². The minimum Gasteiger partial charge on any atom is -0.409 e. The summed E-state index contributed by atoms with van der Waals surface area (Å²) in [6.07, 6.45) is 2.41. The predicted octanol–water partition coefficient (Wildman–Crippen LogP) is 3.43. The molecule has 94 valence electrons. The van der Waals surface area contributed by atoms with Crippen molar-refractivity contribution in [3.05, 3.63) is 27.7 Å². The second-order valence-corrected chi connectivity index (χ2v) is 4.92. The first kappa shape index (κ1) is 14.1. The molecule has 4 nitrogen and oxygen atoms in total. The molecule has 0 aliphatic carbocycles. The lowest BCUT2D eigenvalue weighted by atomic mass is 10.2. The van der Waals surface area contributed by atoms with Gasteiger partial charge in [-0.3, -0.25) is 0 Å². The van der Waals surface area contributed by atoms with Gasteiger partial charge in [-0.25, -0.2) is 0 Å². The van der Waals surface area contributed by atoms with Gasteiger partial charge in [0.05, 0.1) is 10.7 Å². The fraction of sp³-hybridized carbons (Fsp3) is 0.364. The van der Waals surface area contributed by atoms with Crippen molar-refractivity contribution in [2.45, 2.75) is 19.3 Å². The maximum Gasteiger partial charge on any atom is 0.139 e. The van der Waals surface area contributed by atoms with E-state index < -0.39 is 0 Å². The predicted molar refractivity (Wildman–Crippen MR) is 74.9 cm³/mol. The van der Waals surface area contributed by atoms with Gasteiger partial charge in [0.1, 0.15) is 5.84 Å². The molecular weight excluding hydrogens is 305 g/mol. The normalized spacial score (nSPS) is 11.5. The summed E-state index contributed by atoms with van der Waals surface area (Å²) < 4.78 is 0.958. The van der Waals surface area contributed by atoms with Gasteiger partial charge < -0.3 is 16.3 Å². The molecule has 0 radical (unpaired) electrons. The molecule has 0 bridgehead atoms. The van der Waals surface area contributed by atoms with E-state index in [2.05, 4.69) is 26.4 Å². The van der Waals surface area contributed by atoms with Crippen LogP contribution in [0.5, 0.6) is 0 Å². The highest BCUT2D eigenvalue weighted by atomic mass is 79.9. The number of rotatable bonds is 6. The smallest absolute Gasteiger partial charge is 0.139 e. The molecule has 0 heterocycles. The number of anilines is 1. The van der Waals surface area contributed by atoms with Crippen LogP contribution in [0.3, 0.4) is 0 Å². The SMILES string of the molecule is N/C(CCCCNc1ccc(Br)cc1Cl)=N\O. The summed E-state index contributed by atoms with van der Waals surface area (Å²) in [6.45, 7) is 0.806. The molecule has 0 unspecified atom stereocenters. The number of halogens is 2. The largest absolute Gasteiger partial charge is 0.409 e. The monoisotopic (exact) mass is 319 g/mol. The van der Waals surface area contributed by atoms with E-state index in [0.29, 0.717) is 11.4 Å². The van der Waals surface area contributed by atoms with Crippen LogP contribution >= 0.6 is 27.5 Å². The Morgan fingerprint density at radius 3 is 2.88 bits per heavy atom. The zero-order chi connectivity index (χ0) is 12.7.